The number of benzene rings is 9. The van der Waals surface area contributed by atoms with Gasteiger partial charge in [-0.05, 0) is 89.6 Å². The van der Waals surface area contributed by atoms with E-state index in [0.29, 0.717) is 27.5 Å². The Hall–Kier alpha value is -6.44. The fraction of sp³-hybridized carbons (Fsp3) is 0. The molecule has 9 aromatic carbocycles. The summed E-state index contributed by atoms with van der Waals surface area (Å²) in [6.07, 6.45) is 0. The van der Waals surface area contributed by atoms with Gasteiger partial charge in [0, 0.05) is 16.2 Å². The molecule has 0 aliphatic rings. The van der Waals surface area contributed by atoms with Gasteiger partial charge in [-0.15, -0.1) is 0 Å². The lowest BCUT2D eigenvalue weighted by molar-refractivity contribution is 0.673. The first kappa shape index (κ1) is 23.0. The molecule has 1 heterocycles. The number of rotatable bonds is 4. The maximum Gasteiger partial charge on any atom is 0.143 e. The summed E-state index contributed by atoms with van der Waals surface area (Å²) >= 11 is 0. The van der Waals surface area contributed by atoms with Gasteiger partial charge in [-0.3, -0.25) is 0 Å². The summed E-state index contributed by atoms with van der Waals surface area (Å²) in [5.41, 5.74) is 8.66. The van der Waals surface area contributed by atoms with Crippen molar-refractivity contribution >= 4 is 54.3 Å². The Balaban J connectivity index is 1.26. The van der Waals surface area contributed by atoms with Crippen molar-refractivity contribution in [3.8, 4) is 44.5 Å². The van der Waals surface area contributed by atoms with Crippen molar-refractivity contribution in [2.45, 2.75) is 0 Å². The van der Waals surface area contributed by atoms with Crippen molar-refractivity contribution in [3.05, 3.63) is 182 Å². The van der Waals surface area contributed by atoms with Crippen LogP contribution in [0.3, 0.4) is 0 Å². The summed E-state index contributed by atoms with van der Waals surface area (Å²) in [6, 6.07) is 50.8. The van der Waals surface area contributed by atoms with Crippen LogP contribution in [0, 0.1) is 0 Å². The van der Waals surface area contributed by atoms with Gasteiger partial charge in [-0.25, -0.2) is 0 Å². The average molecular weight is 628 g/mol. The molecule has 49 heavy (non-hydrogen) atoms. The zero-order chi connectivity index (χ0) is 36.7. The lowest BCUT2D eigenvalue weighted by atomic mass is 9.85. The molecular weight excluding hydrogens is 593 g/mol. The van der Waals surface area contributed by atoms with E-state index in [-0.39, 0.29) is 46.6 Å². The number of fused-ring (bicyclic) bond motifs is 7. The Morgan fingerprint density at radius 1 is 0.367 bits per heavy atom. The smallest absolute Gasteiger partial charge is 0.143 e. The van der Waals surface area contributed by atoms with Crippen molar-refractivity contribution in [1.29, 1.82) is 0 Å². The molecule has 10 rings (SSSR count). The first-order valence-electron chi connectivity index (χ1n) is 18.9. The van der Waals surface area contributed by atoms with Crippen LogP contribution in [-0.2, 0) is 0 Å². The molecule has 0 fully saturated rings. The normalized spacial score (nSPS) is 13.1. The van der Waals surface area contributed by atoms with E-state index in [1.807, 2.05) is 48.5 Å². The van der Waals surface area contributed by atoms with Gasteiger partial charge in [0.2, 0.25) is 0 Å². The molecule has 0 saturated heterocycles. The van der Waals surface area contributed by atoms with Gasteiger partial charge in [-0.1, -0.05) is 164 Å². The Morgan fingerprint density at radius 3 is 1.49 bits per heavy atom. The van der Waals surface area contributed by atoms with Gasteiger partial charge in [0.15, 0.2) is 0 Å². The van der Waals surface area contributed by atoms with Gasteiger partial charge < -0.3 is 4.42 Å². The van der Waals surface area contributed by atoms with Gasteiger partial charge in [0.25, 0.3) is 0 Å². The second-order valence-corrected chi connectivity index (χ2v) is 12.4. The van der Waals surface area contributed by atoms with Crippen LogP contribution < -0.4 is 0 Å². The van der Waals surface area contributed by atoms with Crippen molar-refractivity contribution < 1.29 is 11.3 Å². The molecule has 0 unspecified atom stereocenters. The molecule has 0 radical (unpaired) electrons. The van der Waals surface area contributed by atoms with Crippen LogP contribution in [0.25, 0.3) is 98.8 Å². The van der Waals surface area contributed by atoms with E-state index in [4.69, 9.17) is 9.90 Å². The van der Waals surface area contributed by atoms with Crippen LogP contribution in [-0.4, -0.2) is 0 Å². The van der Waals surface area contributed by atoms with E-state index < -0.39 is 0 Å². The molecule has 0 bridgehead atoms. The third-order valence-corrected chi connectivity index (χ3v) is 9.67. The summed E-state index contributed by atoms with van der Waals surface area (Å²) in [5, 5.41) is 6.26. The Labute approximate surface area is 291 Å². The maximum absolute atomic E-state index is 9.67. The number of furan rings is 1. The number of hydrogen-bond donors (Lipinski definition) is 0. The van der Waals surface area contributed by atoms with Crippen LogP contribution in [0.2, 0.25) is 0 Å². The predicted octanol–water partition coefficient (Wildman–Crippen LogP) is 13.7. The largest absolute Gasteiger partial charge is 0.455 e. The molecule has 10 aromatic rings. The summed E-state index contributed by atoms with van der Waals surface area (Å²) in [5.74, 6) is 0. The van der Waals surface area contributed by atoms with Crippen molar-refractivity contribution in [3.63, 3.8) is 0 Å². The average Bonchev–Trinajstić information content (AvgIpc) is 3.61. The first-order valence-corrected chi connectivity index (χ1v) is 16.4. The van der Waals surface area contributed by atoms with Crippen LogP contribution in [0.5, 0.6) is 0 Å². The first-order chi connectivity index (χ1) is 26.4. The Kier molecular flexibility index (Phi) is 5.20. The second-order valence-electron chi connectivity index (χ2n) is 12.4. The van der Waals surface area contributed by atoms with Gasteiger partial charge in [0.05, 0.1) is 6.85 Å². The third kappa shape index (κ3) is 4.40. The molecule has 0 atom stereocenters. The molecule has 0 N–H and O–H groups in total. The van der Waals surface area contributed by atoms with E-state index in [0.717, 1.165) is 43.8 Å². The third-order valence-electron chi connectivity index (χ3n) is 9.67. The van der Waals surface area contributed by atoms with E-state index in [2.05, 4.69) is 103 Å². The monoisotopic (exact) mass is 627 g/mol. The minimum atomic E-state index is -0.337. The van der Waals surface area contributed by atoms with Crippen molar-refractivity contribution in [2.24, 2.45) is 0 Å². The van der Waals surface area contributed by atoms with Crippen LogP contribution in [0.15, 0.2) is 186 Å². The van der Waals surface area contributed by atoms with Crippen molar-refractivity contribution in [1.82, 2.24) is 0 Å². The van der Waals surface area contributed by atoms with Gasteiger partial charge in [0.1, 0.15) is 11.2 Å². The van der Waals surface area contributed by atoms with Crippen LogP contribution in [0.1, 0.15) is 6.85 Å². The molecule has 0 amide bonds. The molecule has 0 spiro atoms. The van der Waals surface area contributed by atoms with E-state index >= 15 is 0 Å². The maximum atomic E-state index is 9.67. The minimum absolute atomic E-state index is 0.161. The summed E-state index contributed by atoms with van der Waals surface area (Å²) in [6.45, 7) is 0. The minimum Gasteiger partial charge on any atom is -0.455 e. The molecule has 0 aliphatic heterocycles. The summed E-state index contributed by atoms with van der Waals surface area (Å²) in [4.78, 5) is 0. The summed E-state index contributed by atoms with van der Waals surface area (Å²) < 4.78 is 51.1. The molecule has 1 aromatic heterocycles. The van der Waals surface area contributed by atoms with E-state index in [1.165, 1.54) is 11.1 Å². The highest BCUT2D eigenvalue weighted by Gasteiger charge is 2.19. The summed E-state index contributed by atoms with van der Waals surface area (Å²) in [7, 11) is 0. The van der Waals surface area contributed by atoms with Gasteiger partial charge in [-0.2, -0.15) is 0 Å². The molecule has 228 valence electrons. The predicted molar refractivity (Wildman–Crippen MR) is 208 cm³/mol. The topological polar surface area (TPSA) is 13.1 Å². The molecule has 1 nitrogen and oxygen atoms in total. The molecule has 0 saturated carbocycles. The molecule has 0 aliphatic carbocycles. The Bertz CT molecular complexity index is 3080. The highest BCUT2D eigenvalue weighted by molar-refractivity contribution is 6.23. The zero-order valence-electron chi connectivity index (χ0n) is 31.3. The second kappa shape index (κ2) is 11.1. The lowest BCUT2D eigenvalue weighted by Crippen LogP contribution is -1.91. The van der Waals surface area contributed by atoms with E-state index in [1.54, 1.807) is 0 Å². The highest BCUT2D eigenvalue weighted by Crippen LogP contribution is 2.46. The van der Waals surface area contributed by atoms with E-state index in [9.17, 15) is 1.37 Å². The zero-order valence-corrected chi connectivity index (χ0v) is 26.3. The Morgan fingerprint density at radius 2 is 0.857 bits per heavy atom. The molecule has 1 heteroatoms. The highest BCUT2D eigenvalue weighted by atomic mass is 16.3. The lowest BCUT2D eigenvalue weighted by Gasteiger charge is -2.18. The van der Waals surface area contributed by atoms with Crippen molar-refractivity contribution in [2.75, 3.05) is 0 Å². The van der Waals surface area contributed by atoms with Gasteiger partial charge >= 0.3 is 0 Å². The standard InChI is InChI=1S/C48H30O/c1-3-13-31(14-4-1)32-23-25-34(26-24-32)46-37-18-8-10-20-39(37)47(40-21-11-9-19-38(40)46)35-27-28-45-43(29-35)44-30-42(33-15-5-2-6-16-33)36-17-7-12-22-41(36)48(44)49-45/h1-30H/i7D,12D,17D,22D,30D. The SMILES string of the molecule is [2H]c1c([2H])c([2H])c2c(c1[2H])c(-c1ccccc1)c([2H])c1c3cc(-c4c5ccccc5c(-c5ccc(-c6ccccc6)cc5)c5ccccc45)ccc3oc21. The van der Waals surface area contributed by atoms with Crippen LogP contribution >= 0.6 is 0 Å². The quantitative estimate of drug-likeness (QED) is 0.177. The number of hydrogen-bond acceptors (Lipinski definition) is 1. The van der Waals surface area contributed by atoms with Crippen LogP contribution in [0.4, 0.5) is 0 Å². The molecular formula is C48H30O. The fourth-order valence-corrected chi connectivity index (χ4v) is 7.44. The fourth-order valence-electron chi connectivity index (χ4n) is 7.44.